The van der Waals surface area contributed by atoms with E-state index >= 15 is 0 Å². The SMILES string of the molecule is Cc1ccc(C)n1-c1ccc(C(=O)N(C)C(C)CO)cc1. The maximum Gasteiger partial charge on any atom is 0.253 e. The van der Waals surface area contributed by atoms with Gasteiger partial charge in [0.15, 0.2) is 0 Å². The van der Waals surface area contributed by atoms with Gasteiger partial charge in [-0.15, -0.1) is 0 Å². The highest BCUT2D eigenvalue weighted by Crippen LogP contribution is 2.17. The number of aliphatic hydroxyl groups excluding tert-OH is 1. The fourth-order valence-electron chi connectivity index (χ4n) is 2.36. The first-order chi connectivity index (χ1) is 9.95. The van der Waals surface area contributed by atoms with Crippen molar-refractivity contribution in [3.05, 3.63) is 53.3 Å². The number of nitrogens with zero attached hydrogens (tertiary/aromatic N) is 2. The number of amides is 1. The predicted octanol–water partition coefficient (Wildman–Crippen LogP) is 2.55. The number of benzene rings is 1. The summed E-state index contributed by atoms with van der Waals surface area (Å²) >= 11 is 0. The number of hydrogen-bond acceptors (Lipinski definition) is 2. The lowest BCUT2D eigenvalue weighted by atomic mass is 10.1. The molecule has 0 bridgehead atoms. The molecule has 0 radical (unpaired) electrons. The van der Waals surface area contributed by atoms with E-state index in [1.807, 2.05) is 31.2 Å². The summed E-state index contributed by atoms with van der Waals surface area (Å²) in [4.78, 5) is 13.8. The summed E-state index contributed by atoms with van der Waals surface area (Å²) in [6.07, 6.45) is 0. The van der Waals surface area contributed by atoms with Crippen molar-refractivity contribution in [3.8, 4) is 5.69 Å². The van der Waals surface area contributed by atoms with Crippen molar-refractivity contribution in [1.29, 1.82) is 0 Å². The van der Waals surface area contributed by atoms with Crippen LogP contribution in [0, 0.1) is 13.8 Å². The minimum atomic E-state index is -0.189. The molecule has 1 heterocycles. The molecule has 1 atom stereocenters. The Bertz CT molecular complexity index is 609. The second-order valence-corrected chi connectivity index (χ2v) is 5.45. The molecule has 2 aromatic rings. The van der Waals surface area contributed by atoms with Gasteiger partial charge in [0.1, 0.15) is 0 Å². The molecule has 4 heteroatoms. The molecule has 112 valence electrons. The molecule has 0 aliphatic carbocycles. The minimum Gasteiger partial charge on any atom is -0.394 e. The summed E-state index contributed by atoms with van der Waals surface area (Å²) in [5.41, 5.74) is 4.00. The number of hydrogen-bond donors (Lipinski definition) is 1. The van der Waals surface area contributed by atoms with E-state index in [9.17, 15) is 4.79 Å². The molecule has 0 spiro atoms. The van der Waals surface area contributed by atoms with Crippen LogP contribution < -0.4 is 0 Å². The lowest BCUT2D eigenvalue weighted by Crippen LogP contribution is -2.37. The third-order valence-corrected chi connectivity index (χ3v) is 3.89. The fourth-order valence-corrected chi connectivity index (χ4v) is 2.36. The van der Waals surface area contributed by atoms with E-state index in [4.69, 9.17) is 5.11 Å². The van der Waals surface area contributed by atoms with E-state index in [1.165, 1.54) is 0 Å². The Morgan fingerprint density at radius 1 is 1.14 bits per heavy atom. The maximum atomic E-state index is 12.3. The van der Waals surface area contributed by atoms with E-state index in [2.05, 4.69) is 30.5 Å². The molecule has 1 N–H and O–H groups in total. The van der Waals surface area contributed by atoms with Crippen LogP contribution in [0.25, 0.3) is 5.69 Å². The highest BCUT2D eigenvalue weighted by Gasteiger charge is 2.16. The van der Waals surface area contributed by atoms with Gasteiger partial charge in [-0.1, -0.05) is 0 Å². The molecule has 1 unspecified atom stereocenters. The van der Waals surface area contributed by atoms with Crippen molar-refractivity contribution in [2.24, 2.45) is 0 Å². The second kappa shape index (κ2) is 6.14. The zero-order chi connectivity index (χ0) is 15.6. The molecule has 1 amide bonds. The Morgan fingerprint density at radius 3 is 2.14 bits per heavy atom. The van der Waals surface area contributed by atoms with Crippen molar-refractivity contribution in [3.63, 3.8) is 0 Å². The summed E-state index contributed by atoms with van der Waals surface area (Å²) in [7, 11) is 1.71. The first-order valence-electron chi connectivity index (χ1n) is 7.09. The molecule has 0 aliphatic heterocycles. The summed E-state index contributed by atoms with van der Waals surface area (Å²) in [5, 5.41) is 9.13. The van der Waals surface area contributed by atoms with Gasteiger partial charge >= 0.3 is 0 Å². The van der Waals surface area contributed by atoms with Crippen molar-refractivity contribution < 1.29 is 9.90 Å². The summed E-state index contributed by atoms with van der Waals surface area (Å²) in [6.45, 7) is 5.90. The Hall–Kier alpha value is -2.07. The standard InChI is InChI=1S/C17H22N2O2/c1-12-5-6-13(2)19(12)16-9-7-15(8-10-16)17(21)18(4)14(3)11-20/h5-10,14,20H,11H2,1-4H3. The third-order valence-electron chi connectivity index (χ3n) is 3.89. The number of carbonyl (C=O) groups excluding carboxylic acids is 1. The molecule has 4 nitrogen and oxygen atoms in total. The summed E-state index contributed by atoms with van der Waals surface area (Å²) in [5.74, 6) is -0.0796. The molecule has 21 heavy (non-hydrogen) atoms. The molecule has 1 aromatic carbocycles. The van der Waals surface area contributed by atoms with E-state index in [0.717, 1.165) is 17.1 Å². The molecule has 0 saturated carbocycles. The van der Waals surface area contributed by atoms with E-state index < -0.39 is 0 Å². The molecule has 0 saturated heterocycles. The molecule has 0 aliphatic rings. The quantitative estimate of drug-likeness (QED) is 0.939. The van der Waals surface area contributed by atoms with Crippen molar-refractivity contribution >= 4 is 5.91 Å². The lowest BCUT2D eigenvalue weighted by molar-refractivity contribution is 0.0682. The van der Waals surface area contributed by atoms with Crippen LogP contribution in [-0.4, -0.2) is 40.2 Å². The highest BCUT2D eigenvalue weighted by molar-refractivity contribution is 5.94. The first-order valence-corrected chi connectivity index (χ1v) is 7.09. The van der Waals surface area contributed by atoms with Gasteiger partial charge in [0.25, 0.3) is 5.91 Å². The van der Waals surface area contributed by atoms with Crippen molar-refractivity contribution in [2.45, 2.75) is 26.8 Å². The van der Waals surface area contributed by atoms with Gasteiger partial charge in [0.2, 0.25) is 0 Å². The van der Waals surface area contributed by atoms with Crippen LogP contribution in [0.15, 0.2) is 36.4 Å². The van der Waals surface area contributed by atoms with Gasteiger partial charge in [-0.25, -0.2) is 0 Å². The highest BCUT2D eigenvalue weighted by atomic mass is 16.3. The summed E-state index contributed by atoms with van der Waals surface area (Å²) < 4.78 is 2.15. The Balaban J connectivity index is 2.26. The van der Waals surface area contributed by atoms with Crippen LogP contribution in [0.3, 0.4) is 0 Å². The van der Waals surface area contributed by atoms with Crippen LogP contribution >= 0.6 is 0 Å². The number of carbonyl (C=O) groups is 1. The van der Waals surface area contributed by atoms with Crippen LogP contribution in [0.5, 0.6) is 0 Å². The van der Waals surface area contributed by atoms with Crippen LogP contribution in [-0.2, 0) is 0 Å². The van der Waals surface area contributed by atoms with Gasteiger partial charge in [0, 0.05) is 29.7 Å². The molecule has 2 rings (SSSR count). The average Bonchev–Trinajstić information content (AvgIpc) is 2.84. The molecular formula is C17H22N2O2. The molecule has 1 aromatic heterocycles. The zero-order valence-electron chi connectivity index (χ0n) is 13.0. The van der Waals surface area contributed by atoms with Crippen molar-refractivity contribution in [1.82, 2.24) is 9.47 Å². The van der Waals surface area contributed by atoms with Gasteiger partial charge in [-0.2, -0.15) is 0 Å². The Kier molecular flexibility index (Phi) is 4.48. The largest absolute Gasteiger partial charge is 0.394 e. The topological polar surface area (TPSA) is 45.5 Å². The maximum absolute atomic E-state index is 12.3. The minimum absolute atomic E-state index is 0.0396. The van der Waals surface area contributed by atoms with Crippen LogP contribution in [0.4, 0.5) is 0 Å². The van der Waals surface area contributed by atoms with Gasteiger partial charge in [-0.05, 0) is 57.2 Å². The fraction of sp³-hybridized carbons (Fsp3) is 0.353. The Morgan fingerprint density at radius 2 is 1.67 bits per heavy atom. The number of rotatable bonds is 4. The van der Waals surface area contributed by atoms with Gasteiger partial charge in [0.05, 0.1) is 12.6 Å². The van der Waals surface area contributed by atoms with Crippen molar-refractivity contribution in [2.75, 3.05) is 13.7 Å². The third kappa shape index (κ3) is 3.00. The Labute approximate surface area is 125 Å². The lowest BCUT2D eigenvalue weighted by Gasteiger charge is -2.23. The second-order valence-electron chi connectivity index (χ2n) is 5.45. The number of aromatic nitrogens is 1. The van der Waals surface area contributed by atoms with Crippen LogP contribution in [0.2, 0.25) is 0 Å². The monoisotopic (exact) mass is 286 g/mol. The first kappa shape index (κ1) is 15.3. The number of likely N-dealkylation sites (N-methyl/N-ethyl adjacent to an activating group) is 1. The average molecular weight is 286 g/mol. The van der Waals surface area contributed by atoms with Crippen LogP contribution in [0.1, 0.15) is 28.7 Å². The van der Waals surface area contributed by atoms with E-state index in [-0.39, 0.29) is 18.6 Å². The van der Waals surface area contributed by atoms with Gasteiger partial charge < -0.3 is 14.6 Å². The van der Waals surface area contributed by atoms with Gasteiger partial charge in [-0.3, -0.25) is 4.79 Å². The smallest absolute Gasteiger partial charge is 0.253 e. The predicted molar refractivity (Wildman–Crippen MR) is 83.9 cm³/mol. The molecule has 0 fully saturated rings. The zero-order valence-corrected chi connectivity index (χ0v) is 13.0. The molecular weight excluding hydrogens is 264 g/mol. The van der Waals surface area contributed by atoms with E-state index in [1.54, 1.807) is 11.9 Å². The van der Waals surface area contributed by atoms with E-state index in [0.29, 0.717) is 5.56 Å². The summed E-state index contributed by atoms with van der Waals surface area (Å²) in [6, 6.07) is 11.5. The number of aliphatic hydroxyl groups is 1. The normalized spacial score (nSPS) is 12.2. The number of aryl methyl sites for hydroxylation is 2.